The summed E-state index contributed by atoms with van der Waals surface area (Å²) in [7, 11) is 0. The van der Waals surface area contributed by atoms with Gasteiger partial charge in [0.15, 0.2) is 0 Å². The minimum Gasteiger partial charge on any atom is -0.481 e. The monoisotopic (exact) mass is 200 g/mol. The van der Waals surface area contributed by atoms with Gasteiger partial charge in [0.2, 0.25) is 0 Å². The van der Waals surface area contributed by atoms with Crippen molar-refractivity contribution in [2.45, 2.75) is 64.1 Å². The first-order valence-corrected chi connectivity index (χ1v) is 5.55. The van der Waals surface area contributed by atoms with Gasteiger partial charge in [-0.3, -0.25) is 4.79 Å². The fraction of sp³-hybridized carbons (Fsp3) is 0.909. The molecule has 0 aromatic heterocycles. The van der Waals surface area contributed by atoms with Gasteiger partial charge in [-0.1, -0.05) is 25.7 Å². The molecular weight excluding hydrogens is 180 g/mol. The molecule has 1 rings (SSSR count). The number of carboxylic acid groups (broad SMARTS) is 1. The summed E-state index contributed by atoms with van der Waals surface area (Å²) in [6.07, 6.45) is 7.53. The highest BCUT2D eigenvalue weighted by atomic mass is 16.5. The molecule has 0 spiro atoms. The minimum absolute atomic E-state index is 0.122. The maximum Gasteiger partial charge on any atom is 0.305 e. The van der Waals surface area contributed by atoms with E-state index in [2.05, 4.69) is 0 Å². The van der Waals surface area contributed by atoms with Gasteiger partial charge in [0.1, 0.15) is 0 Å². The number of hydrogen-bond acceptors (Lipinski definition) is 2. The second kappa shape index (κ2) is 6.02. The van der Waals surface area contributed by atoms with E-state index in [1.165, 1.54) is 25.7 Å². The topological polar surface area (TPSA) is 46.5 Å². The summed E-state index contributed by atoms with van der Waals surface area (Å²) < 4.78 is 5.70. The van der Waals surface area contributed by atoms with Gasteiger partial charge in [0.25, 0.3) is 0 Å². The molecule has 1 aliphatic carbocycles. The second-order valence-electron chi connectivity index (χ2n) is 4.16. The van der Waals surface area contributed by atoms with Crippen LogP contribution in [0.15, 0.2) is 0 Å². The van der Waals surface area contributed by atoms with Crippen LogP contribution >= 0.6 is 0 Å². The molecule has 1 unspecified atom stereocenters. The van der Waals surface area contributed by atoms with Crippen LogP contribution in [0.5, 0.6) is 0 Å². The van der Waals surface area contributed by atoms with Crippen LogP contribution in [0.25, 0.3) is 0 Å². The highest BCUT2D eigenvalue weighted by Gasteiger charge is 2.17. The number of carboxylic acids is 1. The van der Waals surface area contributed by atoms with E-state index < -0.39 is 5.97 Å². The van der Waals surface area contributed by atoms with Crippen LogP contribution in [0.3, 0.4) is 0 Å². The highest BCUT2D eigenvalue weighted by Crippen LogP contribution is 2.21. The third-order valence-electron chi connectivity index (χ3n) is 2.69. The summed E-state index contributed by atoms with van der Waals surface area (Å²) in [4.78, 5) is 10.4. The lowest BCUT2D eigenvalue weighted by atomic mass is 10.1. The zero-order valence-electron chi connectivity index (χ0n) is 8.87. The van der Waals surface area contributed by atoms with Crippen molar-refractivity contribution < 1.29 is 14.6 Å². The number of ether oxygens (including phenoxy) is 1. The van der Waals surface area contributed by atoms with Gasteiger partial charge in [-0.2, -0.15) is 0 Å². The molecule has 0 amide bonds. The molecule has 1 atom stereocenters. The normalized spacial score (nSPS) is 21.5. The number of aliphatic carboxylic acids is 1. The Kier molecular flexibility index (Phi) is 4.94. The van der Waals surface area contributed by atoms with Gasteiger partial charge in [-0.05, 0) is 19.8 Å². The summed E-state index contributed by atoms with van der Waals surface area (Å²) in [6, 6.07) is 0. The molecule has 0 radical (unpaired) electrons. The van der Waals surface area contributed by atoms with Crippen LogP contribution in [0.2, 0.25) is 0 Å². The van der Waals surface area contributed by atoms with Crippen molar-refractivity contribution in [2.75, 3.05) is 0 Å². The summed E-state index contributed by atoms with van der Waals surface area (Å²) in [5.41, 5.74) is 0. The maximum atomic E-state index is 10.4. The molecule has 1 N–H and O–H groups in total. The quantitative estimate of drug-likeness (QED) is 0.709. The van der Waals surface area contributed by atoms with Crippen LogP contribution in [-0.4, -0.2) is 23.3 Å². The van der Waals surface area contributed by atoms with E-state index in [1.54, 1.807) is 0 Å². The maximum absolute atomic E-state index is 10.4. The predicted octanol–water partition coefficient (Wildman–Crippen LogP) is 2.59. The summed E-state index contributed by atoms with van der Waals surface area (Å²) >= 11 is 0. The van der Waals surface area contributed by atoms with Gasteiger partial charge in [0, 0.05) is 0 Å². The van der Waals surface area contributed by atoms with E-state index in [-0.39, 0.29) is 12.5 Å². The van der Waals surface area contributed by atoms with E-state index in [9.17, 15) is 4.79 Å². The number of hydrogen-bond donors (Lipinski definition) is 1. The van der Waals surface area contributed by atoms with Crippen molar-refractivity contribution in [3.63, 3.8) is 0 Å². The average Bonchev–Trinajstić information content (AvgIpc) is 2.31. The molecule has 3 heteroatoms. The summed E-state index contributed by atoms with van der Waals surface area (Å²) in [5.74, 6) is -0.772. The van der Waals surface area contributed by atoms with Crippen molar-refractivity contribution in [2.24, 2.45) is 0 Å². The first kappa shape index (κ1) is 11.5. The van der Waals surface area contributed by atoms with Gasteiger partial charge < -0.3 is 9.84 Å². The molecule has 1 fully saturated rings. The Morgan fingerprint density at radius 3 is 2.43 bits per heavy atom. The molecule has 0 saturated heterocycles. The minimum atomic E-state index is -0.772. The first-order chi connectivity index (χ1) is 6.68. The Labute approximate surface area is 85.5 Å². The fourth-order valence-electron chi connectivity index (χ4n) is 2.00. The SMILES string of the molecule is CC(CC(=O)O)OC1CCCCCC1. The molecule has 3 nitrogen and oxygen atoms in total. The van der Waals surface area contributed by atoms with E-state index >= 15 is 0 Å². The number of rotatable bonds is 4. The number of carbonyl (C=O) groups is 1. The van der Waals surface area contributed by atoms with Gasteiger partial charge in [-0.25, -0.2) is 0 Å². The first-order valence-electron chi connectivity index (χ1n) is 5.55. The van der Waals surface area contributed by atoms with Gasteiger partial charge in [-0.15, -0.1) is 0 Å². The van der Waals surface area contributed by atoms with Crippen molar-refractivity contribution >= 4 is 5.97 Å². The molecule has 0 bridgehead atoms. The molecule has 0 aliphatic heterocycles. The highest BCUT2D eigenvalue weighted by molar-refractivity contribution is 5.67. The molecule has 14 heavy (non-hydrogen) atoms. The van der Waals surface area contributed by atoms with Gasteiger partial charge >= 0.3 is 5.97 Å². The van der Waals surface area contributed by atoms with Crippen LogP contribution in [0.1, 0.15) is 51.9 Å². The molecule has 82 valence electrons. The van der Waals surface area contributed by atoms with E-state index in [4.69, 9.17) is 9.84 Å². The van der Waals surface area contributed by atoms with Gasteiger partial charge in [0.05, 0.1) is 18.6 Å². The third-order valence-corrected chi connectivity index (χ3v) is 2.69. The van der Waals surface area contributed by atoms with Crippen molar-refractivity contribution in [3.05, 3.63) is 0 Å². The fourth-order valence-corrected chi connectivity index (χ4v) is 2.00. The second-order valence-corrected chi connectivity index (χ2v) is 4.16. The van der Waals surface area contributed by atoms with Crippen molar-refractivity contribution in [1.82, 2.24) is 0 Å². The van der Waals surface area contributed by atoms with E-state index in [0.29, 0.717) is 6.10 Å². The molecule has 0 heterocycles. The summed E-state index contributed by atoms with van der Waals surface area (Å²) in [6.45, 7) is 1.85. The largest absolute Gasteiger partial charge is 0.481 e. The van der Waals surface area contributed by atoms with Crippen LogP contribution in [0.4, 0.5) is 0 Å². The Morgan fingerprint density at radius 2 is 1.93 bits per heavy atom. The molecular formula is C11H20O3. The van der Waals surface area contributed by atoms with Crippen molar-refractivity contribution in [1.29, 1.82) is 0 Å². The Morgan fingerprint density at radius 1 is 1.36 bits per heavy atom. The lowest BCUT2D eigenvalue weighted by molar-refractivity contribution is -0.141. The zero-order chi connectivity index (χ0) is 10.4. The molecule has 1 aliphatic rings. The lowest BCUT2D eigenvalue weighted by Gasteiger charge is -2.19. The van der Waals surface area contributed by atoms with Crippen LogP contribution in [-0.2, 0) is 9.53 Å². The van der Waals surface area contributed by atoms with Crippen LogP contribution in [0, 0.1) is 0 Å². The summed E-state index contributed by atoms with van der Waals surface area (Å²) in [5, 5.41) is 8.59. The van der Waals surface area contributed by atoms with E-state index in [0.717, 1.165) is 12.8 Å². The Hall–Kier alpha value is -0.570. The smallest absolute Gasteiger partial charge is 0.305 e. The zero-order valence-corrected chi connectivity index (χ0v) is 8.87. The predicted molar refractivity (Wildman–Crippen MR) is 54.3 cm³/mol. The van der Waals surface area contributed by atoms with Crippen LogP contribution < -0.4 is 0 Å². The van der Waals surface area contributed by atoms with E-state index in [1.807, 2.05) is 6.92 Å². The lowest BCUT2D eigenvalue weighted by Crippen LogP contribution is -2.21. The third kappa shape index (κ3) is 4.61. The molecule has 0 aromatic rings. The Bertz CT molecular complexity index is 171. The van der Waals surface area contributed by atoms with Crippen molar-refractivity contribution in [3.8, 4) is 0 Å². The Balaban J connectivity index is 2.23. The standard InChI is InChI=1S/C11H20O3/c1-9(8-11(12)13)14-10-6-4-2-3-5-7-10/h9-10H,2-8H2,1H3,(H,12,13). The molecule has 1 saturated carbocycles. The average molecular weight is 200 g/mol. The molecule has 0 aromatic carbocycles.